The van der Waals surface area contributed by atoms with E-state index in [0.717, 1.165) is 18.5 Å². The minimum absolute atomic E-state index is 0.0503. The van der Waals surface area contributed by atoms with Gasteiger partial charge in [-0.25, -0.2) is 0 Å². The Labute approximate surface area is 143 Å². The molecule has 4 heteroatoms. The van der Waals surface area contributed by atoms with Gasteiger partial charge < -0.3 is 10.6 Å². The van der Waals surface area contributed by atoms with Crippen LogP contribution in [0.2, 0.25) is 0 Å². The number of aromatic nitrogens is 1. The molecule has 1 heterocycles. The Morgan fingerprint density at radius 1 is 1.12 bits per heavy atom. The van der Waals surface area contributed by atoms with Crippen molar-refractivity contribution in [1.29, 1.82) is 0 Å². The third-order valence-electron chi connectivity index (χ3n) is 4.50. The molecule has 0 aliphatic heterocycles. The minimum atomic E-state index is -0.0503. The van der Waals surface area contributed by atoms with Crippen LogP contribution < -0.4 is 10.6 Å². The predicted octanol–water partition coefficient (Wildman–Crippen LogP) is 3.80. The highest BCUT2D eigenvalue weighted by molar-refractivity contribution is 5.94. The van der Waals surface area contributed by atoms with E-state index >= 15 is 0 Å². The summed E-state index contributed by atoms with van der Waals surface area (Å²) in [5.41, 5.74) is 2.87. The maximum Gasteiger partial charge on any atom is 0.252 e. The van der Waals surface area contributed by atoms with Gasteiger partial charge in [0.1, 0.15) is 0 Å². The molecular formula is C20H25N3O. The van der Waals surface area contributed by atoms with Crippen molar-refractivity contribution in [2.75, 3.05) is 11.9 Å². The van der Waals surface area contributed by atoms with Crippen molar-refractivity contribution >= 4 is 11.6 Å². The molecule has 0 atom stereocenters. The fraction of sp³-hybridized carbons (Fsp3) is 0.400. The zero-order valence-corrected chi connectivity index (χ0v) is 14.0. The van der Waals surface area contributed by atoms with Crippen LogP contribution in [0.25, 0.3) is 0 Å². The molecule has 1 amide bonds. The van der Waals surface area contributed by atoms with Gasteiger partial charge in [-0.2, -0.15) is 0 Å². The van der Waals surface area contributed by atoms with E-state index in [0.29, 0.717) is 18.2 Å². The second kappa shape index (κ2) is 8.48. The van der Waals surface area contributed by atoms with Crippen molar-refractivity contribution < 1.29 is 4.79 Å². The summed E-state index contributed by atoms with van der Waals surface area (Å²) in [5.74, 6) is -0.0503. The molecule has 1 fully saturated rings. The summed E-state index contributed by atoms with van der Waals surface area (Å²) >= 11 is 0. The fourth-order valence-electron chi connectivity index (χ4n) is 3.19. The molecule has 2 N–H and O–H groups in total. The molecule has 1 aliphatic rings. The van der Waals surface area contributed by atoms with E-state index in [1.165, 1.54) is 31.2 Å². The molecule has 24 heavy (non-hydrogen) atoms. The summed E-state index contributed by atoms with van der Waals surface area (Å²) in [7, 11) is 0. The van der Waals surface area contributed by atoms with Crippen molar-refractivity contribution in [3.8, 4) is 0 Å². The Kier molecular flexibility index (Phi) is 5.83. The molecule has 3 rings (SSSR count). The number of anilines is 1. The predicted molar refractivity (Wildman–Crippen MR) is 97.2 cm³/mol. The monoisotopic (exact) mass is 323 g/mol. The first-order valence-corrected chi connectivity index (χ1v) is 8.85. The topological polar surface area (TPSA) is 54.0 Å². The van der Waals surface area contributed by atoms with E-state index in [1.807, 2.05) is 24.3 Å². The normalized spacial score (nSPS) is 14.5. The lowest BCUT2D eigenvalue weighted by Crippen LogP contribution is -2.25. The van der Waals surface area contributed by atoms with E-state index in [1.54, 1.807) is 12.4 Å². The molecule has 0 bridgehead atoms. The fourth-order valence-corrected chi connectivity index (χ4v) is 3.19. The highest BCUT2D eigenvalue weighted by Crippen LogP contribution is 2.22. The largest absolute Gasteiger partial charge is 0.381 e. The van der Waals surface area contributed by atoms with Gasteiger partial charge in [0.2, 0.25) is 0 Å². The Hall–Kier alpha value is -2.36. The molecule has 1 aromatic carbocycles. The Morgan fingerprint density at radius 2 is 1.92 bits per heavy atom. The van der Waals surface area contributed by atoms with E-state index in [2.05, 4.69) is 27.8 Å². The Bertz CT molecular complexity index is 651. The van der Waals surface area contributed by atoms with Crippen molar-refractivity contribution in [2.24, 2.45) is 0 Å². The van der Waals surface area contributed by atoms with Crippen LogP contribution >= 0.6 is 0 Å². The van der Waals surface area contributed by atoms with Crippen LogP contribution in [0, 0.1) is 0 Å². The van der Waals surface area contributed by atoms with E-state index in [4.69, 9.17) is 0 Å². The summed E-state index contributed by atoms with van der Waals surface area (Å²) in [4.78, 5) is 16.5. The van der Waals surface area contributed by atoms with E-state index in [-0.39, 0.29) is 5.91 Å². The molecule has 0 saturated heterocycles. The van der Waals surface area contributed by atoms with Gasteiger partial charge >= 0.3 is 0 Å². The highest BCUT2D eigenvalue weighted by atomic mass is 16.1. The third-order valence-corrected chi connectivity index (χ3v) is 4.50. The summed E-state index contributed by atoms with van der Waals surface area (Å²) in [6.07, 6.45) is 10.3. The number of nitrogens with zero attached hydrogens (tertiary/aromatic N) is 1. The van der Waals surface area contributed by atoms with Gasteiger partial charge in [-0.1, -0.05) is 43.2 Å². The van der Waals surface area contributed by atoms with Crippen molar-refractivity contribution in [1.82, 2.24) is 10.3 Å². The first kappa shape index (κ1) is 16.5. The van der Waals surface area contributed by atoms with Crippen molar-refractivity contribution in [3.63, 3.8) is 0 Å². The Morgan fingerprint density at radius 3 is 2.71 bits per heavy atom. The summed E-state index contributed by atoms with van der Waals surface area (Å²) in [6.45, 7) is 0.675. The number of nitrogens with one attached hydrogen (secondary N) is 2. The van der Waals surface area contributed by atoms with Gasteiger partial charge in [-0.3, -0.25) is 9.78 Å². The quantitative estimate of drug-likeness (QED) is 0.762. The van der Waals surface area contributed by atoms with Crippen molar-refractivity contribution in [2.45, 2.75) is 44.6 Å². The number of carbonyl (C=O) groups excluding carboxylic acids is 1. The van der Waals surface area contributed by atoms with Crippen LogP contribution in [0.3, 0.4) is 0 Å². The lowest BCUT2D eigenvalue weighted by atomic mass is 10.1. The number of benzene rings is 1. The second-order valence-corrected chi connectivity index (χ2v) is 6.43. The summed E-state index contributed by atoms with van der Waals surface area (Å²) in [5, 5.41) is 6.47. The minimum Gasteiger partial charge on any atom is -0.381 e. The highest BCUT2D eigenvalue weighted by Gasteiger charge is 2.15. The maximum absolute atomic E-state index is 12.3. The number of rotatable bonds is 7. The average molecular weight is 323 g/mol. The van der Waals surface area contributed by atoms with Gasteiger partial charge in [-0.15, -0.1) is 0 Å². The van der Waals surface area contributed by atoms with Crippen molar-refractivity contribution in [3.05, 3.63) is 59.9 Å². The first-order valence-electron chi connectivity index (χ1n) is 8.85. The third kappa shape index (κ3) is 4.82. The summed E-state index contributed by atoms with van der Waals surface area (Å²) in [6, 6.07) is 12.8. The lowest BCUT2D eigenvalue weighted by Gasteiger charge is -2.13. The van der Waals surface area contributed by atoms with Gasteiger partial charge in [0.25, 0.3) is 5.91 Å². The second-order valence-electron chi connectivity index (χ2n) is 6.43. The number of hydrogen-bond donors (Lipinski definition) is 2. The van der Waals surface area contributed by atoms with Crippen LogP contribution in [0.5, 0.6) is 0 Å². The maximum atomic E-state index is 12.3. The molecular weight excluding hydrogens is 298 g/mol. The molecule has 0 unspecified atom stereocenters. The number of pyridine rings is 1. The number of aryl methyl sites for hydroxylation is 1. The molecule has 1 saturated carbocycles. The molecule has 2 aromatic rings. The van der Waals surface area contributed by atoms with Crippen LogP contribution in [-0.2, 0) is 6.42 Å². The Balaban J connectivity index is 1.46. The van der Waals surface area contributed by atoms with Crippen LogP contribution in [0.15, 0.2) is 48.8 Å². The summed E-state index contributed by atoms with van der Waals surface area (Å²) < 4.78 is 0. The van der Waals surface area contributed by atoms with Crippen LogP contribution in [0.4, 0.5) is 5.69 Å². The zero-order valence-electron chi connectivity index (χ0n) is 14.0. The van der Waals surface area contributed by atoms with Gasteiger partial charge in [-0.05, 0) is 37.3 Å². The smallest absolute Gasteiger partial charge is 0.252 e. The molecule has 1 aromatic heterocycles. The zero-order chi connectivity index (χ0) is 16.6. The van der Waals surface area contributed by atoms with Gasteiger partial charge in [0.05, 0.1) is 11.3 Å². The average Bonchev–Trinajstić information content (AvgIpc) is 3.13. The molecule has 1 aliphatic carbocycles. The van der Waals surface area contributed by atoms with E-state index in [9.17, 15) is 4.79 Å². The van der Waals surface area contributed by atoms with Gasteiger partial charge in [0, 0.05) is 25.0 Å². The number of amides is 1. The molecule has 126 valence electrons. The standard InChI is InChI=1S/C20H25N3O/c24-20(22-12-6-9-16-7-2-1-3-8-16)17-13-19(15-21-14-17)23-18-10-4-5-11-18/h1-3,7-8,13-15,18,23H,4-6,9-12H2,(H,22,24). The SMILES string of the molecule is O=C(NCCCc1ccccc1)c1cncc(NC2CCCC2)c1. The van der Waals surface area contributed by atoms with Crippen LogP contribution in [0.1, 0.15) is 48.0 Å². The lowest BCUT2D eigenvalue weighted by molar-refractivity contribution is 0.0953. The molecule has 0 spiro atoms. The van der Waals surface area contributed by atoms with Crippen LogP contribution in [-0.4, -0.2) is 23.5 Å². The van der Waals surface area contributed by atoms with Gasteiger partial charge in [0.15, 0.2) is 0 Å². The number of carbonyl (C=O) groups is 1. The number of hydrogen-bond acceptors (Lipinski definition) is 3. The molecule has 0 radical (unpaired) electrons. The first-order chi connectivity index (χ1) is 11.8. The molecule has 4 nitrogen and oxygen atoms in total. The van der Waals surface area contributed by atoms with E-state index < -0.39 is 0 Å².